The Bertz CT molecular complexity index is 207. The van der Waals surface area contributed by atoms with Gasteiger partial charge in [-0.15, -0.1) is 17.7 Å². The number of rotatable bonds is 0. The summed E-state index contributed by atoms with van der Waals surface area (Å²) in [7, 11) is 0. The third kappa shape index (κ3) is 2.06. The Morgan fingerprint density at radius 2 is 2.00 bits per heavy atom. The van der Waals surface area contributed by atoms with Crippen molar-refractivity contribution in [2.24, 2.45) is 0 Å². The van der Waals surface area contributed by atoms with Gasteiger partial charge in [0, 0.05) is 5.75 Å². The molecule has 0 heterocycles. The SMILES string of the molecule is Oc1cc[c-]c(Cl)c1O.[Na+]. The Kier molecular flexibility index (Phi) is 4.13. The minimum Gasteiger partial charge on any atom is -0.561 e. The van der Waals surface area contributed by atoms with Crippen molar-refractivity contribution in [3.63, 3.8) is 0 Å². The molecule has 0 aromatic heterocycles. The van der Waals surface area contributed by atoms with Crippen molar-refractivity contribution in [1.82, 2.24) is 0 Å². The molecule has 4 heteroatoms. The molecule has 1 aromatic rings. The summed E-state index contributed by atoms with van der Waals surface area (Å²) < 4.78 is 0. The molecule has 2 N–H and O–H groups in total. The maximum Gasteiger partial charge on any atom is 1.00 e. The Morgan fingerprint density at radius 3 is 2.40 bits per heavy atom. The molecule has 0 aliphatic heterocycles. The molecule has 0 unspecified atom stereocenters. The number of aromatic hydroxyl groups is 2. The number of phenols is 2. The summed E-state index contributed by atoms with van der Waals surface area (Å²) >= 11 is 5.35. The van der Waals surface area contributed by atoms with Gasteiger partial charge in [-0.05, 0) is 5.02 Å². The molecule has 1 rings (SSSR count). The quantitative estimate of drug-likeness (QED) is 0.282. The van der Waals surface area contributed by atoms with E-state index in [9.17, 15) is 0 Å². The molecule has 0 aliphatic carbocycles. The number of hydrogen-bond acceptors (Lipinski definition) is 2. The van der Waals surface area contributed by atoms with Gasteiger partial charge in [-0.1, -0.05) is 0 Å². The van der Waals surface area contributed by atoms with E-state index in [0.29, 0.717) is 0 Å². The van der Waals surface area contributed by atoms with E-state index in [0.717, 1.165) is 0 Å². The fourth-order valence-electron chi connectivity index (χ4n) is 0.453. The van der Waals surface area contributed by atoms with Crippen molar-refractivity contribution in [2.75, 3.05) is 0 Å². The van der Waals surface area contributed by atoms with E-state index in [1.165, 1.54) is 12.1 Å². The van der Waals surface area contributed by atoms with E-state index in [-0.39, 0.29) is 46.1 Å². The molecule has 2 nitrogen and oxygen atoms in total. The van der Waals surface area contributed by atoms with Gasteiger partial charge in [0.1, 0.15) is 0 Å². The molecule has 0 atom stereocenters. The monoisotopic (exact) mass is 166 g/mol. The average Bonchev–Trinajstić information content (AvgIpc) is 1.83. The van der Waals surface area contributed by atoms with Gasteiger partial charge in [-0.3, -0.25) is 0 Å². The molecule has 48 valence electrons. The van der Waals surface area contributed by atoms with E-state index in [1.807, 2.05) is 0 Å². The van der Waals surface area contributed by atoms with Crippen LogP contribution in [0, 0.1) is 6.07 Å². The number of phenolic OH excluding ortho intramolecular Hbond substituents is 2. The summed E-state index contributed by atoms with van der Waals surface area (Å²) in [6.45, 7) is 0. The molecule has 0 aliphatic rings. The first-order valence-corrected chi connectivity index (χ1v) is 2.67. The van der Waals surface area contributed by atoms with Crippen LogP contribution in [0.1, 0.15) is 0 Å². The molecule has 1 aromatic carbocycles. The normalized spacial score (nSPS) is 8.50. The minimum absolute atomic E-state index is 0. The Balaban J connectivity index is 0.000000810. The maximum atomic E-state index is 8.79. The van der Waals surface area contributed by atoms with Crippen molar-refractivity contribution in [2.45, 2.75) is 0 Å². The van der Waals surface area contributed by atoms with Crippen LogP contribution in [-0.2, 0) is 0 Å². The van der Waals surface area contributed by atoms with E-state index in [1.54, 1.807) is 0 Å². The minimum atomic E-state index is -0.320. The van der Waals surface area contributed by atoms with Gasteiger partial charge in [0.2, 0.25) is 0 Å². The second-order valence-electron chi connectivity index (χ2n) is 1.53. The first kappa shape index (κ1) is 10.1. The molecule has 0 fully saturated rings. The van der Waals surface area contributed by atoms with Gasteiger partial charge < -0.3 is 10.2 Å². The zero-order valence-electron chi connectivity index (χ0n) is 5.43. The van der Waals surface area contributed by atoms with Gasteiger partial charge in [0.15, 0.2) is 0 Å². The summed E-state index contributed by atoms with van der Waals surface area (Å²) in [5, 5.41) is 17.6. The fraction of sp³-hybridized carbons (Fsp3) is 0. The van der Waals surface area contributed by atoms with Crippen molar-refractivity contribution >= 4 is 11.6 Å². The molecular weight excluding hydrogens is 163 g/mol. The summed E-state index contributed by atoms with van der Waals surface area (Å²) in [5.74, 6) is -0.544. The Labute approximate surface area is 85.7 Å². The summed E-state index contributed by atoms with van der Waals surface area (Å²) in [6, 6.07) is 5.23. The molecule has 10 heavy (non-hydrogen) atoms. The smallest absolute Gasteiger partial charge is 0.561 e. The van der Waals surface area contributed by atoms with Crippen LogP contribution in [0.15, 0.2) is 12.1 Å². The van der Waals surface area contributed by atoms with E-state index >= 15 is 0 Å². The summed E-state index contributed by atoms with van der Waals surface area (Å²) in [5.41, 5.74) is 0. The van der Waals surface area contributed by atoms with Crippen LogP contribution < -0.4 is 29.6 Å². The van der Waals surface area contributed by atoms with Crippen LogP contribution in [0.5, 0.6) is 11.5 Å². The second kappa shape index (κ2) is 4.09. The molecule has 0 radical (unpaired) electrons. The maximum absolute atomic E-state index is 8.79. The Hall–Kier alpha value is 0.110. The van der Waals surface area contributed by atoms with Crippen LogP contribution in [0.4, 0.5) is 0 Å². The van der Waals surface area contributed by atoms with E-state index in [4.69, 9.17) is 21.8 Å². The standard InChI is InChI=1S/C6H4ClO2.Na/c7-4-2-1-3-5(8)6(4)9;/h1,3,8-9H;/q-1;+1. The fourth-order valence-corrected chi connectivity index (χ4v) is 0.613. The van der Waals surface area contributed by atoms with Crippen molar-refractivity contribution in [3.05, 3.63) is 23.2 Å². The topological polar surface area (TPSA) is 40.5 Å². The predicted octanol–water partition coefficient (Wildman–Crippen LogP) is -1.44. The van der Waals surface area contributed by atoms with Crippen molar-refractivity contribution in [3.8, 4) is 11.5 Å². The van der Waals surface area contributed by atoms with Crippen LogP contribution in [0.25, 0.3) is 0 Å². The third-order valence-electron chi connectivity index (χ3n) is 0.902. The molecule has 0 amide bonds. The molecule has 0 spiro atoms. The zero-order valence-corrected chi connectivity index (χ0v) is 8.18. The van der Waals surface area contributed by atoms with Crippen LogP contribution in [0.3, 0.4) is 0 Å². The Morgan fingerprint density at radius 1 is 1.40 bits per heavy atom. The molecule has 0 saturated heterocycles. The summed E-state index contributed by atoms with van der Waals surface area (Å²) in [6.07, 6.45) is 0. The third-order valence-corrected chi connectivity index (χ3v) is 1.19. The van der Waals surface area contributed by atoms with Crippen molar-refractivity contribution in [1.29, 1.82) is 0 Å². The number of hydrogen-bond donors (Lipinski definition) is 2. The number of benzene rings is 1. The van der Waals surface area contributed by atoms with Crippen LogP contribution >= 0.6 is 11.6 Å². The molecular formula is C6H4ClNaO2. The van der Waals surface area contributed by atoms with Crippen molar-refractivity contribution < 1.29 is 39.8 Å². The first-order chi connectivity index (χ1) is 4.22. The average molecular weight is 167 g/mol. The first-order valence-electron chi connectivity index (χ1n) is 2.30. The second-order valence-corrected chi connectivity index (χ2v) is 1.90. The number of halogens is 1. The molecule has 0 bridgehead atoms. The zero-order chi connectivity index (χ0) is 6.85. The van der Waals surface area contributed by atoms with Gasteiger partial charge in [-0.25, -0.2) is 0 Å². The van der Waals surface area contributed by atoms with Crippen LogP contribution in [0.2, 0.25) is 5.02 Å². The van der Waals surface area contributed by atoms with Gasteiger partial charge in [-0.2, -0.15) is 12.1 Å². The molecule has 0 saturated carbocycles. The predicted molar refractivity (Wildman–Crippen MR) is 33.6 cm³/mol. The van der Waals surface area contributed by atoms with Gasteiger partial charge in [0.05, 0.1) is 5.75 Å². The largest absolute Gasteiger partial charge is 1.00 e. The van der Waals surface area contributed by atoms with E-state index < -0.39 is 0 Å². The van der Waals surface area contributed by atoms with Gasteiger partial charge >= 0.3 is 29.6 Å². The van der Waals surface area contributed by atoms with E-state index in [2.05, 4.69) is 6.07 Å². The summed E-state index contributed by atoms with van der Waals surface area (Å²) in [4.78, 5) is 0. The van der Waals surface area contributed by atoms with Gasteiger partial charge in [0.25, 0.3) is 0 Å². The van der Waals surface area contributed by atoms with Crippen LogP contribution in [-0.4, -0.2) is 10.2 Å².